The van der Waals surface area contributed by atoms with Crippen LogP contribution in [0.15, 0.2) is 24.3 Å². The predicted molar refractivity (Wildman–Crippen MR) is 92.2 cm³/mol. The highest BCUT2D eigenvalue weighted by Crippen LogP contribution is 2.30. The van der Waals surface area contributed by atoms with Crippen LogP contribution in [0.4, 0.5) is 13.2 Å². The third kappa shape index (κ3) is 6.23. The van der Waals surface area contributed by atoms with Crippen LogP contribution in [0.1, 0.15) is 43.2 Å². The van der Waals surface area contributed by atoms with Crippen LogP contribution in [-0.2, 0) is 20.5 Å². The van der Waals surface area contributed by atoms with Crippen LogP contribution in [0.2, 0.25) is 0 Å². The van der Waals surface area contributed by atoms with Crippen molar-refractivity contribution in [3.8, 4) is 0 Å². The van der Waals surface area contributed by atoms with Crippen LogP contribution in [0.5, 0.6) is 0 Å². The molecule has 0 radical (unpaired) electrons. The third-order valence-corrected chi connectivity index (χ3v) is 4.97. The highest BCUT2D eigenvalue weighted by molar-refractivity contribution is 5.78. The number of halogens is 3. The van der Waals surface area contributed by atoms with E-state index in [1.165, 1.54) is 12.1 Å². The maximum absolute atomic E-state index is 12.6. The Morgan fingerprint density at radius 2 is 1.81 bits per heavy atom. The molecular weight excluding hydrogens is 363 g/mol. The molecule has 2 unspecified atom stereocenters. The molecule has 1 aliphatic heterocycles. The van der Waals surface area contributed by atoms with Gasteiger partial charge in [0.25, 0.3) is 0 Å². The highest BCUT2D eigenvalue weighted by Gasteiger charge is 2.31. The Balaban J connectivity index is 1.87. The minimum absolute atomic E-state index is 0.0381. The molecule has 8 heteroatoms. The Labute approximate surface area is 155 Å². The molecule has 1 heterocycles. The van der Waals surface area contributed by atoms with Crippen LogP contribution < -0.4 is 5.32 Å². The van der Waals surface area contributed by atoms with E-state index >= 15 is 0 Å². The molecule has 1 aromatic rings. The van der Waals surface area contributed by atoms with E-state index in [4.69, 9.17) is 4.74 Å². The molecular formula is C19H24F3NO4. The highest BCUT2D eigenvalue weighted by atomic mass is 19.4. The zero-order valence-electron chi connectivity index (χ0n) is 15.1. The fourth-order valence-electron chi connectivity index (χ4n) is 3.27. The van der Waals surface area contributed by atoms with Gasteiger partial charge in [0, 0.05) is 26.2 Å². The van der Waals surface area contributed by atoms with Gasteiger partial charge >= 0.3 is 12.1 Å². The molecule has 0 saturated carbocycles. The SMILES string of the molecule is CC(CC(=O)NCC(C(=O)O)C1CCOCC1)c1ccc(C(F)(F)F)cc1. The van der Waals surface area contributed by atoms with Crippen molar-refractivity contribution >= 4 is 11.9 Å². The van der Waals surface area contributed by atoms with E-state index in [0.717, 1.165) is 12.1 Å². The lowest BCUT2D eigenvalue weighted by molar-refractivity contribution is -0.145. The largest absolute Gasteiger partial charge is 0.481 e. The Hall–Kier alpha value is -2.09. The first-order valence-electron chi connectivity index (χ1n) is 8.93. The molecule has 1 fully saturated rings. The van der Waals surface area contributed by atoms with Crippen molar-refractivity contribution in [2.45, 2.75) is 38.3 Å². The molecule has 0 aromatic heterocycles. The number of benzene rings is 1. The van der Waals surface area contributed by atoms with Crippen LogP contribution >= 0.6 is 0 Å². The molecule has 1 aliphatic rings. The molecule has 27 heavy (non-hydrogen) atoms. The van der Waals surface area contributed by atoms with Crippen molar-refractivity contribution < 1.29 is 32.6 Å². The molecule has 0 bridgehead atoms. The van der Waals surface area contributed by atoms with Gasteiger partial charge in [-0.1, -0.05) is 19.1 Å². The molecule has 2 N–H and O–H groups in total. The van der Waals surface area contributed by atoms with E-state index in [1.54, 1.807) is 6.92 Å². The molecule has 0 spiro atoms. The second-order valence-electron chi connectivity index (χ2n) is 6.92. The fraction of sp³-hybridized carbons (Fsp3) is 0.579. The summed E-state index contributed by atoms with van der Waals surface area (Å²) < 4.78 is 43.1. The van der Waals surface area contributed by atoms with Gasteiger partial charge in [0.05, 0.1) is 11.5 Å². The number of amides is 1. The Bertz CT molecular complexity index is 639. The average Bonchev–Trinajstić information content (AvgIpc) is 2.62. The van der Waals surface area contributed by atoms with Crippen LogP contribution in [0.25, 0.3) is 0 Å². The summed E-state index contributed by atoms with van der Waals surface area (Å²) in [6.07, 6.45) is -3.02. The number of hydrogen-bond donors (Lipinski definition) is 2. The van der Waals surface area contributed by atoms with Crippen LogP contribution in [0.3, 0.4) is 0 Å². The number of carboxylic acid groups (broad SMARTS) is 1. The maximum Gasteiger partial charge on any atom is 0.416 e. The van der Waals surface area contributed by atoms with Gasteiger partial charge in [-0.3, -0.25) is 9.59 Å². The first-order chi connectivity index (χ1) is 12.7. The van der Waals surface area contributed by atoms with E-state index < -0.39 is 23.6 Å². The van der Waals surface area contributed by atoms with Crippen molar-refractivity contribution in [1.82, 2.24) is 5.32 Å². The van der Waals surface area contributed by atoms with Gasteiger partial charge in [-0.25, -0.2) is 0 Å². The van der Waals surface area contributed by atoms with Gasteiger partial charge in [0.15, 0.2) is 0 Å². The second-order valence-corrected chi connectivity index (χ2v) is 6.92. The van der Waals surface area contributed by atoms with Crippen molar-refractivity contribution in [3.05, 3.63) is 35.4 Å². The molecule has 0 aliphatic carbocycles. The van der Waals surface area contributed by atoms with E-state index in [0.29, 0.717) is 31.6 Å². The first-order valence-corrected chi connectivity index (χ1v) is 8.93. The zero-order chi connectivity index (χ0) is 20.0. The van der Waals surface area contributed by atoms with Crippen molar-refractivity contribution in [1.29, 1.82) is 0 Å². The zero-order valence-corrected chi connectivity index (χ0v) is 15.1. The minimum Gasteiger partial charge on any atom is -0.481 e. The maximum atomic E-state index is 12.6. The lowest BCUT2D eigenvalue weighted by Gasteiger charge is -2.27. The number of ether oxygens (including phenoxy) is 1. The summed E-state index contributed by atoms with van der Waals surface area (Å²) in [5.74, 6) is -2.25. The van der Waals surface area contributed by atoms with Crippen molar-refractivity contribution in [3.63, 3.8) is 0 Å². The fourth-order valence-corrected chi connectivity index (χ4v) is 3.27. The number of hydrogen-bond acceptors (Lipinski definition) is 3. The molecule has 1 amide bonds. The number of rotatable bonds is 7. The van der Waals surface area contributed by atoms with Gasteiger partial charge in [0.1, 0.15) is 0 Å². The first kappa shape index (κ1) is 21.2. The van der Waals surface area contributed by atoms with Gasteiger partial charge in [-0.05, 0) is 42.4 Å². The molecule has 150 valence electrons. The number of carbonyl (C=O) groups is 2. The number of nitrogens with one attached hydrogen (secondary N) is 1. The molecule has 1 aromatic carbocycles. The standard InChI is InChI=1S/C19H24F3NO4/c1-12(13-2-4-15(5-3-13)19(20,21)22)10-17(24)23-11-16(18(25)26)14-6-8-27-9-7-14/h2-5,12,14,16H,6-11H2,1H3,(H,23,24)(H,25,26). The van der Waals surface area contributed by atoms with Crippen molar-refractivity contribution in [2.75, 3.05) is 19.8 Å². The smallest absolute Gasteiger partial charge is 0.416 e. The summed E-state index contributed by atoms with van der Waals surface area (Å²) in [7, 11) is 0. The third-order valence-electron chi connectivity index (χ3n) is 4.97. The summed E-state index contributed by atoms with van der Waals surface area (Å²) in [5.41, 5.74) is -0.110. The van der Waals surface area contributed by atoms with Crippen molar-refractivity contribution in [2.24, 2.45) is 11.8 Å². The van der Waals surface area contributed by atoms with Gasteiger partial charge in [-0.15, -0.1) is 0 Å². The lowest BCUT2D eigenvalue weighted by atomic mass is 9.86. The summed E-state index contributed by atoms with van der Waals surface area (Å²) in [4.78, 5) is 23.6. The number of alkyl halides is 3. The summed E-state index contributed by atoms with van der Waals surface area (Å²) in [5, 5.41) is 12.1. The molecule has 5 nitrogen and oxygen atoms in total. The van der Waals surface area contributed by atoms with Crippen LogP contribution in [-0.4, -0.2) is 36.7 Å². The summed E-state index contributed by atoms with van der Waals surface area (Å²) >= 11 is 0. The van der Waals surface area contributed by atoms with Gasteiger partial charge in [-0.2, -0.15) is 13.2 Å². The Morgan fingerprint density at radius 1 is 1.22 bits per heavy atom. The van der Waals surface area contributed by atoms with Gasteiger partial charge in [0.2, 0.25) is 5.91 Å². The van der Waals surface area contributed by atoms with E-state index in [2.05, 4.69) is 5.32 Å². The number of aliphatic carboxylic acids is 1. The van der Waals surface area contributed by atoms with E-state index in [-0.39, 0.29) is 30.7 Å². The summed E-state index contributed by atoms with van der Waals surface area (Å²) in [6.45, 7) is 2.83. The predicted octanol–water partition coefficient (Wildman–Crippen LogP) is 3.44. The Morgan fingerprint density at radius 3 is 2.33 bits per heavy atom. The number of carboxylic acids is 1. The Kier molecular flexibility index (Phi) is 7.24. The molecule has 2 atom stereocenters. The van der Waals surface area contributed by atoms with Gasteiger partial charge < -0.3 is 15.2 Å². The van der Waals surface area contributed by atoms with E-state index in [1.807, 2.05) is 0 Å². The second kappa shape index (κ2) is 9.21. The van der Waals surface area contributed by atoms with E-state index in [9.17, 15) is 27.9 Å². The normalized spacial score (nSPS) is 17.9. The average molecular weight is 387 g/mol. The topological polar surface area (TPSA) is 75.6 Å². The summed E-state index contributed by atoms with van der Waals surface area (Å²) in [6, 6.07) is 4.72. The minimum atomic E-state index is -4.39. The van der Waals surface area contributed by atoms with Crippen LogP contribution in [0, 0.1) is 11.8 Å². The quantitative estimate of drug-likeness (QED) is 0.752. The monoisotopic (exact) mass is 387 g/mol. The lowest BCUT2D eigenvalue weighted by Crippen LogP contribution is -2.39. The molecule has 1 saturated heterocycles. The molecule has 2 rings (SSSR count). The number of carbonyl (C=O) groups excluding carboxylic acids is 1.